The highest BCUT2D eigenvalue weighted by Gasteiger charge is 2.62. The summed E-state index contributed by atoms with van der Waals surface area (Å²) in [6, 6.07) is 3.94. The van der Waals surface area contributed by atoms with Gasteiger partial charge in [0.15, 0.2) is 0 Å². The molecule has 3 fully saturated rings. The van der Waals surface area contributed by atoms with Crippen molar-refractivity contribution in [2.24, 2.45) is 17.8 Å². The van der Waals surface area contributed by atoms with Crippen molar-refractivity contribution in [1.29, 1.82) is 0 Å². The third-order valence-electron chi connectivity index (χ3n) is 5.75. The number of aromatic nitrogens is 2. The molecule has 120 valence electrons. The molecule has 23 heavy (non-hydrogen) atoms. The van der Waals surface area contributed by atoms with Crippen LogP contribution in [0.5, 0.6) is 0 Å². The van der Waals surface area contributed by atoms with Crippen LogP contribution >= 0.6 is 11.6 Å². The second-order valence-electron chi connectivity index (χ2n) is 7.36. The van der Waals surface area contributed by atoms with E-state index in [1.54, 1.807) is 6.20 Å². The van der Waals surface area contributed by atoms with Crippen LogP contribution in [0, 0.1) is 17.8 Å². The topological polar surface area (TPSA) is 78.0 Å². The number of carbonyl (C=O) groups is 1. The Labute approximate surface area is 138 Å². The van der Waals surface area contributed by atoms with Gasteiger partial charge >= 0.3 is 0 Å². The SMILES string of the molecule is O=C(N[C@H]1[C@@H]2C[C@@](O)(c3cc(Cl)cc4cn[nH]c34)C[C@@H]21)C1CC1. The molecule has 1 aromatic heterocycles. The van der Waals surface area contributed by atoms with Gasteiger partial charge in [0.05, 0.1) is 17.3 Å². The number of amides is 1. The monoisotopic (exact) mass is 331 g/mol. The molecule has 5 rings (SSSR count). The molecule has 1 amide bonds. The van der Waals surface area contributed by atoms with Gasteiger partial charge in [0.25, 0.3) is 0 Å². The van der Waals surface area contributed by atoms with Gasteiger partial charge in [-0.2, -0.15) is 5.10 Å². The lowest BCUT2D eigenvalue weighted by atomic mass is 9.87. The lowest BCUT2D eigenvalue weighted by Gasteiger charge is -2.27. The van der Waals surface area contributed by atoms with Crippen LogP contribution in [0.15, 0.2) is 18.3 Å². The van der Waals surface area contributed by atoms with Crippen molar-refractivity contribution in [1.82, 2.24) is 15.5 Å². The second-order valence-corrected chi connectivity index (χ2v) is 7.80. The fourth-order valence-electron chi connectivity index (χ4n) is 4.31. The molecule has 5 nitrogen and oxygen atoms in total. The number of aromatic amines is 1. The predicted octanol–water partition coefficient (Wildman–Crippen LogP) is 2.34. The Morgan fingerprint density at radius 2 is 2.09 bits per heavy atom. The molecular formula is C17H18ClN3O2. The molecule has 1 heterocycles. The Balaban J connectivity index is 1.38. The molecule has 3 N–H and O–H groups in total. The Morgan fingerprint density at radius 3 is 2.78 bits per heavy atom. The van der Waals surface area contributed by atoms with Crippen molar-refractivity contribution < 1.29 is 9.90 Å². The first kappa shape index (κ1) is 13.8. The summed E-state index contributed by atoms with van der Waals surface area (Å²) in [7, 11) is 0. The molecule has 3 aliphatic carbocycles. The van der Waals surface area contributed by atoms with Crippen LogP contribution in [-0.4, -0.2) is 27.3 Å². The summed E-state index contributed by atoms with van der Waals surface area (Å²) in [5.74, 6) is 1.19. The zero-order valence-electron chi connectivity index (χ0n) is 12.6. The molecule has 0 aliphatic heterocycles. The number of benzene rings is 1. The zero-order valence-corrected chi connectivity index (χ0v) is 13.3. The lowest BCUT2D eigenvalue weighted by Crippen LogP contribution is -2.34. The van der Waals surface area contributed by atoms with Gasteiger partial charge in [-0.25, -0.2) is 0 Å². The summed E-state index contributed by atoms with van der Waals surface area (Å²) < 4.78 is 0. The Hall–Kier alpha value is -1.59. The van der Waals surface area contributed by atoms with Gasteiger partial charge in [0.1, 0.15) is 0 Å². The summed E-state index contributed by atoms with van der Waals surface area (Å²) in [6.07, 6.45) is 5.11. The zero-order chi connectivity index (χ0) is 15.8. The van der Waals surface area contributed by atoms with Gasteiger partial charge < -0.3 is 10.4 Å². The van der Waals surface area contributed by atoms with Crippen LogP contribution in [0.25, 0.3) is 10.9 Å². The van der Waals surface area contributed by atoms with Crippen LogP contribution in [0.4, 0.5) is 0 Å². The van der Waals surface area contributed by atoms with Gasteiger partial charge in [-0.15, -0.1) is 0 Å². The number of halogens is 1. The summed E-state index contributed by atoms with van der Waals surface area (Å²) in [5, 5.41) is 22.9. The maximum atomic E-state index is 11.9. The number of rotatable bonds is 3. The molecule has 0 bridgehead atoms. The minimum absolute atomic E-state index is 0.201. The van der Waals surface area contributed by atoms with E-state index in [0.29, 0.717) is 29.7 Å². The fourth-order valence-corrected chi connectivity index (χ4v) is 4.54. The van der Waals surface area contributed by atoms with Crippen molar-refractivity contribution in [2.45, 2.75) is 37.3 Å². The van der Waals surface area contributed by atoms with E-state index in [1.165, 1.54) is 0 Å². The van der Waals surface area contributed by atoms with Gasteiger partial charge in [0.2, 0.25) is 5.91 Å². The minimum atomic E-state index is -0.883. The largest absolute Gasteiger partial charge is 0.385 e. The normalized spacial score (nSPS) is 35.3. The predicted molar refractivity (Wildman–Crippen MR) is 85.9 cm³/mol. The molecule has 6 heteroatoms. The molecule has 3 saturated carbocycles. The van der Waals surface area contributed by atoms with E-state index in [1.807, 2.05) is 12.1 Å². The first-order valence-electron chi connectivity index (χ1n) is 8.21. The van der Waals surface area contributed by atoms with Gasteiger partial charge in [-0.3, -0.25) is 9.89 Å². The summed E-state index contributed by atoms with van der Waals surface area (Å²) in [5.41, 5.74) is 0.806. The first-order chi connectivity index (χ1) is 11.0. The van der Waals surface area contributed by atoms with Crippen LogP contribution in [0.2, 0.25) is 5.02 Å². The second kappa shape index (κ2) is 4.48. The number of hydrogen-bond acceptors (Lipinski definition) is 3. The van der Waals surface area contributed by atoms with Crippen molar-refractivity contribution in [3.63, 3.8) is 0 Å². The van der Waals surface area contributed by atoms with E-state index >= 15 is 0 Å². The number of fused-ring (bicyclic) bond motifs is 2. The fraction of sp³-hybridized carbons (Fsp3) is 0.529. The number of nitrogens with zero attached hydrogens (tertiary/aromatic N) is 1. The maximum Gasteiger partial charge on any atom is 0.223 e. The van der Waals surface area contributed by atoms with E-state index in [4.69, 9.17) is 11.6 Å². The molecule has 0 unspecified atom stereocenters. The third kappa shape index (κ3) is 2.10. The average Bonchev–Trinajstić information content (AvgIpc) is 3.36. The Kier molecular flexibility index (Phi) is 2.69. The molecule has 0 radical (unpaired) electrons. The summed E-state index contributed by atoms with van der Waals surface area (Å²) >= 11 is 6.20. The molecule has 1 aromatic carbocycles. The van der Waals surface area contributed by atoms with E-state index < -0.39 is 5.60 Å². The number of H-pyrrole nitrogens is 1. The number of nitrogens with one attached hydrogen (secondary N) is 2. The van der Waals surface area contributed by atoms with Gasteiger partial charge in [0, 0.05) is 27.9 Å². The van der Waals surface area contributed by atoms with Gasteiger partial charge in [-0.05, 0) is 49.7 Å². The van der Waals surface area contributed by atoms with E-state index in [2.05, 4.69) is 15.5 Å². The number of aliphatic hydroxyl groups is 1. The van der Waals surface area contributed by atoms with Crippen LogP contribution < -0.4 is 5.32 Å². The molecule has 2 aromatic rings. The van der Waals surface area contributed by atoms with Crippen molar-refractivity contribution in [3.8, 4) is 0 Å². The molecule has 4 atom stereocenters. The quantitative estimate of drug-likeness (QED) is 0.807. The van der Waals surface area contributed by atoms with Crippen molar-refractivity contribution in [3.05, 3.63) is 28.9 Å². The minimum Gasteiger partial charge on any atom is -0.385 e. The molecule has 3 aliphatic rings. The van der Waals surface area contributed by atoms with Crippen molar-refractivity contribution in [2.75, 3.05) is 0 Å². The first-order valence-corrected chi connectivity index (χ1v) is 8.59. The lowest BCUT2D eigenvalue weighted by molar-refractivity contribution is -0.122. The summed E-state index contributed by atoms with van der Waals surface area (Å²) in [6.45, 7) is 0. The average molecular weight is 332 g/mol. The molecule has 0 saturated heterocycles. The van der Waals surface area contributed by atoms with Crippen LogP contribution in [0.1, 0.15) is 31.2 Å². The van der Waals surface area contributed by atoms with Crippen LogP contribution in [-0.2, 0) is 10.4 Å². The molecular weight excluding hydrogens is 314 g/mol. The highest BCUT2D eigenvalue weighted by Crippen LogP contribution is 2.60. The van der Waals surface area contributed by atoms with Crippen LogP contribution in [0.3, 0.4) is 0 Å². The smallest absolute Gasteiger partial charge is 0.223 e. The van der Waals surface area contributed by atoms with E-state index in [-0.39, 0.29) is 17.9 Å². The third-order valence-corrected chi connectivity index (χ3v) is 5.97. The number of hydrogen-bond donors (Lipinski definition) is 3. The van der Waals surface area contributed by atoms with E-state index in [0.717, 1.165) is 29.3 Å². The van der Waals surface area contributed by atoms with Crippen molar-refractivity contribution >= 4 is 28.4 Å². The Morgan fingerprint density at radius 1 is 1.35 bits per heavy atom. The maximum absolute atomic E-state index is 11.9. The van der Waals surface area contributed by atoms with E-state index in [9.17, 15) is 9.90 Å². The summed E-state index contributed by atoms with van der Waals surface area (Å²) in [4.78, 5) is 11.9. The highest BCUT2D eigenvalue weighted by molar-refractivity contribution is 6.31. The highest BCUT2D eigenvalue weighted by atomic mass is 35.5. The molecule has 0 spiro atoms. The van der Waals surface area contributed by atoms with Gasteiger partial charge in [-0.1, -0.05) is 11.6 Å². The Bertz CT molecular complexity index is 801. The standard InChI is InChI=1S/C17H18ClN3O2/c18-10-3-9-7-19-21-14(9)13(4-10)17(23)5-11-12(6-17)15(11)20-16(22)8-1-2-8/h3-4,7-8,11-12,15,23H,1-2,5-6H2,(H,19,21)(H,20,22)/t11-,12+,15+,17+. The number of carbonyl (C=O) groups excluding carboxylic acids is 1.